The van der Waals surface area contributed by atoms with Crippen molar-refractivity contribution in [2.75, 3.05) is 0 Å². The lowest BCUT2D eigenvalue weighted by molar-refractivity contribution is 0.443. The summed E-state index contributed by atoms with van der Waals surface area (Å²) in [5.74, 6) is 0.726. The summed E-state index contributed by atoms with van der Waals surface area (Å²) in [6.45, 7) is 0. The highest BCUT2D eigenvalue weighted by molar-refractivity contribution is 7.26. The zero-order valence-electron chi connectivity index (χ0n) is 24.0. The van der Waals surface area contributed by atoms with Gasteiger partial charge in [-0.25, -0.2) is 0 Å². The van der Waals surface area contributed by atoms with Crippen LogP contribution in [-0.2, 0) is 0 Å². The van der Waals surface area contributed by atoms with Crippen LogP contribution in [-0.4, -0.2) is 9.97 Å². The van der Waals surface area contributed by atoms with Gasteiger partial charge in [0.05, 0.1) is 0 Å². The Morgan fingerprint density at radius 3 is 1.60 bits per heavy atom. The minimum atomic E-state index is 0.726. The Hall–Kier alpha value is -4.60. The molecule has 0 radical (unpaired) electrons. The van der Waals surface area contributed by atoms with Crippen LogP contribution in [0, 0.1) is 0 Å². The molecule has 0 spiro atoms. The van der Waals surface area contributed by atoms with Crippen LogP contribution < -0.4 is 0 Å². The predicted molar refractivity (Wildman–Crippen MR) is 182 cm³/mol. The molecule has 7 aromatic rings. The summed E-state index contributed by atoms with van der Waals surface area (Å²) in [4.78, 5) is 8.81. The first-order valence-electron chi connectivity index (χ1n) is 15.3. The van der Waals surface area contributed by atoms with Crippen molar-refractivity contribution < 1.29 is 0 Å². The fraction of sp³-hybridized carbons (Fsp3) is 0.150. The number of thiophene rings is 1. The molecule has 3 heteroatoms. The van der Waals surface area contributed by atoms with E-state index in [9.17, 15) is 0 Å². The molecule has 8 rings (SSSR count). The van der Waals surface area contributed by atoms with E-state index < -0.39 is 0 Å². The summed E-state index contributed by atoms with van der Waals surface area (Å²) < 4.78 is 2.68. The molecule has 208 valence electrons. The van der Waals surface area contributed by atoms with Crippen molar-refractivity contribution in [3.8, 4) is 44.5 Å². The van der Waals surface area contributed by atoms with E-state index in [4.69, 9.17) is 0 Å². The predicted octanol–water partition coefficient (Wildman–Crippen LogP) is 11.6. The Morgan fingerprint density at radius 2 is 1.05 bits per heavy atom. The molecule has 0 bridgehead atoms. The second-order valence-electron chi connectivity index (χ2n) is 11.7. The number of benzene rings is 4. The summed E-state index contributed by atoms with van der Waals surface area (Å²) in [6, 6.07) is 38.1. The number of hydrogen-bond donors (Lipinski definition) is 0. The summed E-state index contributed by atoms with van der Waals surface area (Å²) in [5, 5.41) is 2.64. The van der Waals surface area contributed by atoms with Crippen LogP contribution in [0.1, 0.15) is 43.6 Å². The van der Waals surface area contributed by atoms with Crippen molar-refractivity contribution in [1.82, 2.24) is 9.97 Å². The number of fused-ring (bicyclic) bond motifs is 3. The zero-order chi connectivity index (χ0) is 28.6. The maximum Gasteiger partial charge on any atom is 0.0434 e. The van der Waals surface area contributed by atoms with Gasteiger partial charge in [-0.3, -0.25) is 9.97 Å². The largest absolute Gasteiger partial charge is 0.264 e. The van der Waals surface area contributed by atoms with Crippen LogP contribution in [0.4, 0.5) is 0 Å². The van der Waals surface area contributed by atoms with Crippen molar-refractivity contribution in [3.05, 3.63) is 133 Å². The maximum absolute atomic E-state index is 4.40. The Labute approximate surface area is 256 Å². The Balaban J connectivity index is 1.27. The number of pyridine rings is 2. The molecule has 0 aliphatic heterocycles. The first kappa shape index (κ1) is 26.1. The molecule has 1 aliphatic rings. The number of rotatable bonds is 5. The Morgan fingerprint density at radius 1 is 0.488 bits per heavy atom. The molecule has 1 aliphatic carbocycles. The quantitative estimate of drug-likeness (QED) is 0.205. The van der Waals surface area contributed by atoms with Gasteiger partial charge in [-0.1, -0.05) is 92.1 Å². The minimum absolute atomic E-state index is 0.726. The molecule has 0 unspecified atom stereocenters. The van der Waals surface area contributed by atoms with Gasteiger partial charge in [0.25, 0.3) is 0 Å². The summed E-state index contributed by atoms with van der Waals surface area (Å²) in [5.41, 5.74) is 11.1. The summed E-state index contributed by atoms with van der Waals surface area (Å²) in [7, 11) is 0. The second kappa shape index (κ2) is 11.2. The van der Waals surface area contributed by atoms with Crippen molar-refractivity contribution in [1.29, 1.82) is 0 Å². The molecule has 3 heterocycles. The number of aromatic nitrogens is 2. The first-order chi connectivity index (χ1) is 21.3. The molecular weight excluding hydrogens is 541 g/mol. The third-order valence-corrected chi connectivity index (χ3v) is 10.3. The lowest BCUT2D eigenvalue weighted by Gasteiger charge is -2.22. The van der Waals surface area contributed by atoms with Crippen molar-refractivity contribution in [2.45, 2.75) is 38.0 Å². The fourth-order valence-corrected chi connectivity index (χ4v) is 8.20. The number of hydrogen-bond acceptors (Lipinski definition) is 3. The van der Waals surface area contributed by atoms with Gasteiger partial charge in [-0.05, 0) is 88.0 Å². The maximum atomic E-state index is 4.40. The van der Waals surface area contributed by atoms with E-state index >= 15 is 0 Å². The van der Waals surface area contributed by atoms with Gasteiger partial charge in [0.1, 0.15) is 0 Å². The summed E-state index contributed by atoms with van der Waals surface area (Å²) in [6.07, 6.45) is 14.3. The van der Waals surface area contributed by atoms with Crippen LogP contribution in [0.15, 0.2) is 128 Å². The molecule has 0 amide bonds. The molecular formula is C40H32N2S. The van der Waals surface area contributed by atoms with Gasteiger partial charge in [-0.2, -0.15) is 0 Å². The highest BCUT2D eigenvalue weighted by Crippen LogP contribution is 2.45. The molecule has 43 heavy (non-hydrogen) atoms. The van der Waals surface area contributed by atoms with E-state index in [0.29, 0.717) is 0 Å². The van der Waals surface area contributed by atoms with Crippen LogP contribution in [0.2, 0.25) is 0 Å². The smallest absolute Gasteiger partial charge is 0.0434 e. The monoisotopic (exact) mass is 572 g/mol. The van der Waals surface area contributed by atoms with Crippen molar-refractivity contribution in [2.24, 2.45) is 0 Å². The van der Waals surface area contributed by atoms with Gasteiger partial charge in [0.2, 0.25) is 0 Å². The lowest BCUT2D eigenvalue weighted by atomic mass is 9.83. The van der Waals surface area contributed by atoms with Gasteiger partial charge >= 0.3 is 0 Å². The third kappa shape index (κ3) is 4.94. The van der Waals surface area contributed by atoms with Gasteiger partial charge in [-0.15, -0.1) is 11.3 Å². The van der Waals surface area contributed by atoms with Gasteiger partial charge in [0, 0.05) is 56.1 Å². The molecule has 4 aromatic carbocycles. The molecule has 0 saturated heterocycles. The summed E-state index contributed by atoms with van der Waals surface area (Å²) >= 11 is 1.92. The average molecular weight is 573 g/mol. The SMILES string of the molecule is c1cncc(-c2cc(-c3cccnc3)cc(-c3cccc4c3sc3c(-c5ccc(C6CCCCC6)cc5)cccc34)c2)c1. The van der Waals surface area contributed by atoms with E-state index in [1.807, 2.05) is 48.3 Å². The third-order valence-electron chi connectivity index (χ3n) is 9.06. The van der Waals surface area contributed by atoms with Crippen LogP contribution >= 0.6 is 11.3 Å². The molecule has 1 saturated carbocycles. The van der Waals surface area contributed by atoms with Crippen molar-refractivity contribution >= 4 is 31.5 Å². The normalized spacial score (nSPS) is 14.0. The molecule has 0 atom stereocenters. The van der Waals surface area contributed by atoms with Crippen molar-refractivity contribution in [3.63, 3.8) is 0 Å². The Kier molecular flexibility index (Phi) is 6.81. The second-order valence-corrected chi connectivity index (χ2v) is 12.7. The van der Waals surface area contributed by atoms with E-state index in [-0.39, 0.29) is 0 Å². The Bertz CT molecular complexity index is 1980. The molecule has 2 nitrogen and oxygen atoms in total. The van der Waals surface area contributed by atoms with E-state index in [1.165, 1.54) is 80.1 Å². The molecule has 3 aromatic heterocycles. The first-order valence-corrected chi connectivity index (χ1v) is 16.1. The minimum Gasteiger partial charge on any atom is -0.264 e. The number of nitrogens with zero attached hydrogens (tertiary/aromatic N) is 2. The van der Waals surface area contributed by atoms with Gasteiger partial charge < -0.3 is 0 Å². The van der Waals surface area contributed by atoms with Gasteiger partial charge in [0.15, 0.2) is 0 Å². The molecule has 0 N–H and O–H groups in total. The van der Waals surface area contributed by atoms with E-state index in [2.05, 4.69) is 101 Å². The highest BCUT2D eigenvalue weighted by atomic mass is 32.1. The molecule has 1 fully saturated rings. The van der Waals surface area contributed by atoms with E-state index in [1.54, 1.807) is 0 Å². The topological polar surface area (TPSA) is 25.8 Å². The zero-order valence-corrected chi connectivity index (χ0v) is 24.9. The lowest BCUT2D eigenvalue weighted by Crippen LogP contribution is -2.04. The standard InChI is InChI=1S/C40H32N2S/c1-2-8-27(9-3-1)28-16-18-29(19-17-28)35-12-4-14-37-38-15-5-13-36(40(38)43-39(35)37)34-23-32(30-10-6-20-41-25-30)22-33(24-34)31-11-7-21-42-26-31/h4-7,10-27H,1-3,8-9H2. The average Bonchev–Trinajstić information content (AvgIpc) is 3.49. The fourth-order valence-electron chi connectivity index (χ4n) is 6.83. The van der Waals surface area contributed by atoms with Crippen LogP contribution in [0.3, 0.4) is 0 Å². The van der Waals surface area contributed by atoms with Crippen LogP contribution in [0.25, 0.3) is 64.7 Å². The van der Waals surface area contributed by atoms with E-state index in [0.717, 1.165) is 28.2 Å². The highest BCUT2D eigenvalue weighted by Gasteiger charge is 2.18. The van der Waals surface area contributed by atoms with Crippen LogP contribution in [0.5, 0.6) is 0 Å².